The van der Waals surface area contributed by atoms with Crippen molar-refractivity contribution < 1.29 is 27.8 Å². The van der Waals surface area contributed by atoms with Gasteiger partial charge in [0.1, 0.15) is 5.60 Å². The summed E-state index contributed by atoms with van der Waals surface area (Å²) in [4.78, 5) is 17.5. The van der Waals surface area contributed by atoms with Crippen molar-refractivity contribution in [3.63, 3.8) is 0 Å². The van der Waals surface area contributed by atoms with Crippen LogP contribution in [0.15, 0.2) is 23.2 Å². The van der Waals surface area contributed by atoms with Gasteiger partial charge in [-0.1, -0.05) is 12.1 Å². The van der Waals surface area contributed by atoms with Gasteiger partial charge in [0.25, 0.3) is 0 Å². The quantitative estimate of drug-likeness (QED) is 0.462. The van der Waals surface area contributed by atoms with Crippen LogP contribution in [0.3, 0.4) is 0 Å². The van der Waals surface area contributed by atoms with Gasteiger partial charge < -0.3 is 29.7 Å². The Bertz CT molecular complexity index is 709. The summed E-state index contributed by atoms with van der Waals surface area (Å²) in [6, 6.07) is 4.94. The predicted molar refractivity (Wildman–Crippen MR) is 111 cm³/mol. The molecule has 0 unspecified atom stereocenters. The maximum absolute atomic E-state index is 12.8. The van der Waals surface area contributed by atoms with E-state index in [2.05, 4.69) is 20.4 Å². The minimum Gasteiger partial charge on any atom is -0.490 e. The highest BCUT2D eigenvalue weighted by Gasteiger charge is 2.19. The van der Waals surface area contributed by atoms with Gasteiger partial charge in [-0.25, -0.2) is 4.79 Å². The number of para-hydroxylation sites is 1. The fraction of sp³-hybridized carbons (Fsp3) is 0.600. The van der Waals surface area contributed by atoms with Crippen LogP contribution >= 0.6 is 0 Å². The van der Waals surface area contributed by atoms with Gasteiger partial charge in [0, 0.05) is 39.3 Å². The summed E-state index contributed by atoms with van der Waals surface area (Å²) >= 11 is 0. The third kappa shape index (κ3) is 9.15. The molecule has 1 rings (SSSR count). The van der Waals surface area contributed by atoms with Crippen molar-refractivity contribution in [3.05, 3.63) is 23.8 Å². The van der Waals surface area contributed by atoms with E-state index in [9.17, 15) is 13.6 Å². The zero-order valence-corrected chi connectivity index (χ0v) is 18.4. The van der Waals surface area contributed by atoms with Crippen molar-refractivity contribution >= 4 is 12.1 Å². The number of amides is 1. The van der Waals surface area contributed by atoms with Crippen LogP contribution in [0.1, 0.15) is 33.3 Å². The Hall–Kier alpha value is -2.78. The van der Waals surface area contributed by atoms with Crippen LogP contribution in [-0.2, 0) is 11.3 Å². The van der Waals surface area contributed by atoms with Crippen LogP contribution in [-0.4, -0.2) is 63.0 Å². The lowest BCUT2D eigenvalue weighted by Gasteiger charge is -2.25. The van der Waals surface area contributed by atoms with Crippen LogP contribution < -0.4 is 20.1 Å². The van der Waals surface area contributed by atoms with E-state index in [0.29, 0.717) is 31.2 Å². The first-order valence-electron chi connectivity index (χ1n) is 9.65. The number of nitrogens with zero attached hydrogens (tertiary/aromatic N) is 2. The molecule has 2 N–H and O–H groups in total. The summed E-state index contributed by atoms with van der Waals surface area (Å²) < 4.78 is 41.0. The van der Waals surface area contributed by atoms with Gasteiger partial charge >= 0.3 is 12.7 Å². The zero-order valence-electron chi connectivity index (χ0n) is 18.4. The summed E-state index contributed by atoms with van der Waals surface area (Å²) in [6.45, 7) is 5.50. The molecule has 0 atom stereocenters. The van der Waals surface area contributed by atoms with Crippen molar-refractivity contribution in [3.8, 4) is 11.5 Å². The number of rotatable bonds is 9. The van der Waals surface area contributed by atoms with Gasteiger partial charge in [0.15, 0.2) is 17.5 Å². The zero-order chi connectivity index (χ0) is 22.7. The summed E-state index contributed by atoms with van der Waals surface area (Å²) in [5.74, 6) is 0.679. The Kier molecular flexibility index (Phi) is 10.1. The molecule has 0 heterocycles. The van der Waals surface area contributed by atoms with E-state index >= 15 is 0 Å². The Morgan fingerprint density at radius 2 is 1.97 bits per heavy atom. The molecule has 0 saturated carbocycles. The second-order valence-electron chi connectivity index (χ2n) is 7.31. The number of carbonyl (C=O) groups excluding carboxylic acids is 1. The molecule has 0 spiro atoms. The second-order valence-corrected chi connectivity index (χ2v) is 7.31. The van der Waals surface area contributed by atoms with E-state index in [1.54, 1.807) is 60.0 Å². The molecular formula is C20H32F2N4O4. The second kappa shape index (κ2) is 12.0. The summed E-state index contributed by atoms with van der Waals surface area (Å²) in [5.41, 5.74) is -0.0696. The van der Waals surface area contributed by atoms with Gasteiger partial charge in [-0.15, -0.1) is 0 Å². The summed E-state index contributed by atoms with van der Waals surface area (Å²) in [7, 11) is 3.22. The first kappa shape index (κ1) is 25.3. The molecule has 0 aliphatic carbocycles. The molecule has 1 amide bonds. The Morgan fingerprint density at radius 1 is 1.27 bits per heavy atom. The Labute approximate surface area is 176 Å². The Balaban J connectivity index is 2.64. The lowest BCUT2D eigenvalue weighted by molar-refractivity contribution is -0.0520. The van der Waals surface area contributed by atoms with Gasteiger partial charge in [-0.3, -0.25) is 4.99 Å². The highest BCUT2D eigenvalue weighted by Crippen LogP contribution is 2.32. The first-order valence-corrected chi connectivity index (χ1v) is 9.65. The number of hydrogen-bond donors (Lipinski definition) is 2. The van der Waals surface area contributed by atoms with Crippen LogP contribution in [0.25, 0.3) is 0 Å². The van der Waals surface area contributed by atoms with Crippen LogP contribution in [0.2, 0.25) is 0 Å². The van der Waals surface area contributed by atoms with Crippen LogP contribution in [0.4, 0.5) is 13.6 Å². The number of aliphatic imine (C=N–C) groups is 1. The molecule has 0 saturated heterocycles. The lowest BCUT2D eigenvalue weighted by atomic mass is 10.2. The fourth-order valence-corrected chi connectivity index (χ4v) is 2.37. The van der Waals surface area contributed by atoms with Gasteiger partial charge in [-0.05, 0) is 33.8 Å². The molecule has 8 nitrogen and oxygen atoms in total. The van der Waals surface area contributed by atoms with Gasteiger partial charge in [0.05, 0.1) is 6.61 Å². The van der Waals surface area contributed by atoms with Crippen LogP contribution in [0.5, 0.6) is 11.5 Å². The molecule has 30 heavy (non-hydrogen) atoms. The minimum absolute atomic E-state index is 0.0121. The maximum atomic E-state index is 12.8. The standard InChI is InChI=1S/C20H32F2N4O4/c1-7-28-15-10-8-9-14(16(15)29-17(21)22)13-25-18(23-5)24-11-12-26(6)19(27)30-20(2,3)4/h8-10,17H,7,11-13H2,1-6H3,(H2,23,24,25). The number of likely N-dealkylation sites (N-methyl/N-ethyl adjacent to an activating group) is 1. The van der Waals surface area contributed by atoms with Crippen molar-refractivity contribution in [2.45, 2.75) is 46.5 Å². The number of guanidine groups is 1. The number of alkyl halides is 2. The average molecular weight is 430 g/mol. The average Bonchev–Trinajstić information content (AvgIpc) is 2.64. The molecule has 1 aromatic carbocycles. The Morgan fingerprint density at radius 3 is 2.53 bits per heavy atom. The van der Waals surface area contributed by atoms with Crippen molar-refractivity contribution in [1.29, 1.82) is 0 Å². The topological polar surface area (TPSA) is 84.4 Å². The molecule has 0 aliphatic rings. The smallest absolute Gasteiger partial charge is 0.410 e. The maximum Gasteiger partial charge on any atom is 0.410 e. The molecule has 0 bridgehead atoms. The number of halogens is 2. The molecular weight excluding hydrogens is 398 g/mol. The molecule has 0 fully saturated rings. The van der Waals surface area contributed by atoms with Crippen LogP contribution in [0, 0.1) is 0 Å². The molecule has 10 heteroatoms. The van der Waals surface area contributed by atoms with Crippen molar-refractivity contribution in [2.24, 2.45) is 4.99 Å². The molecule has 0 aromatic heterocycles. The normalized spacial score (nSPS) is 11.8. The van der Waals surface area contributed by atoms with E-state index in [-0.39, 0.29) is 18.0 Å². The van der Waals surface area contributed by atoms with E-state index in [0.717, 1.165) is 0 Å². The van der Waals surface area contributed by atoms with E-state index in [4.69, 9.17) is 9.47 Å². The third-order valence-corrected chi connectivity index (χ3v) is 3.68. The number of carbonyl (C=O) groups is 1. The highest BCUT2D eigenvalue weighted by molar-refractivity contribution is 5.79. The number of benzene rings is 1. The predicted octanol–water partition coefficient (Wildman–Crippen LogP) is 3.22. The minimum atomic E-state index is -2.97. The van der Waals surface area contributed by atoms with E-state index < -0.39 is 18.3 Å². The fourth-order valence-electron chi connectivity index (χ4n) is 2.37. The van der Waals surface area contributed by atoms with Crippen molar-refractivity contribution in [1.82, 2.24) is 15.5 Å². The SMILES string of the molecule is CCOc1cccc(CNC(=NC)NCCN(C)C(=O)OC(C)(C)C)c1OC(F)F. The number of ether oxygens (including phenoxy) is 3. The van der Waals surface area contributed by atoms with E-state index in [1.807, 2.05) is 0 Å². The van der Waals surface area contributed by atoms with Crippen molar-refractivity contribution in [2.75, 3.05) is 33.8 Å². The van der Waals surface area contributed by atoms with Gasteiger partial charge in [0.2, 0.25) is 0 Å². The number of hydrogen-bond acceptors (Lipinski definition) is 5. The molecule has 1 aromatic rings. The molecule has 0 radical (unpaired) electrons. The largest absolute Gasteiger partial charge is 0.490 e. The molecule has 0 aliphatic heterocycles. The summed E-state index contributed by atoms with van der Waals surface area (Å²) in [6.07, 6.45) is -0.422. The highest BCUT2D eigenvalue weighted by atomic mass is 19.3. The summed E-state index contributed by atoms with van der Waals surface area (Å²) in [5, 5.41) is 6.09. The first-order chi connectivity index (χ1) is 14.1. The number of nitrogens with one attached hydrogen (secondary N) is 2. The van der Waals surface area contributed by atoms with E-state index in [1.165, 1.54) is 4.90 Å². The third-order valence-electron chi connectivity index (χ3n) is 3.68. The lowest BCUT2D eigenvalue weighted by Crippen LogP contribution is -2.42. The molecule has 170 valence electrons. The monoisotopic (exact) mass is 430 g/mol. The van der Waals surface area contributed by atoms with Gasteiger partial charge in [-0.2, -0.15) is 8.78 Å².